The van der Waals surface area contributed by atoms with Crippen LogP contribution in [0.5, 0.6) is 0 Å². The number of rotatable bonds is 1. The first kappa shape index (κ1) is 11.9. The van der Waals surface area contributed by atoms with E-state index in [4.69, 9.17) is 0 Å². The van der Waals surface area contributed by atoms with Gasteiger partial charge in [0.2, 0.25) is 0 Å². The Kier molecular flexibility index (Phi) is 3.87. The molecule has 0 N–H and O–H groups in total. The molecular formula is C11H21NOS. The van der Waals surface area contributed by atoms with E-state index in [0.29, 0.717) is 0 Å². The van der Waals surface area contributed by atoms with Crippen LogP contribution >= 0.6 is 0 Å². The molecule has 1 aliphatic carbocycles. The van der Waals surface area contributed by atoms with Crippen LogP contribution in [0.4, 0.5) is 0 Å². The molecule has 0 spiro atoms. The van der Waals surface area contributed by atoms with E-state index in [1.54, 1.807) is 0 Å². The fraction of sp³-hybridized carbons (Fsp3) is 0.909. The minimum absolute atomic E-state index is 0.215. The predicted molar refractivity (Wildman–Crippen MR) is 63.0 cm³/mol. The average molecular weight is 215 g/mol. The lowest BCUT2D eigenvalue weighted by Gasteiger charge is -2.21. The van der Waals surface area contributed by atoms with Crippen molar-refractivity contribution in [1.29, 1.82) is 0 Å². The van der Waals surface area contributed by atoms with Crippen molar-refractivity contribution in [1.82, 2.24) is 0 Å². The fourth-order valence-corrected chi connectivity index (χ4v) is 2.27. The topological polar surface area (TPSA) is 29.4 Å². The maximum absolute atomic E-state index is 11.8. The van der Waals surface area contributed by atoms with E-state index in [0.717, 1.165) is 24.5 Å². The van der Waals surface area contributed by atoms with Crippen LogP contribution in [-0.4, -0.2) is 14.7 Å². The lowest BCUT2D eigenvalue weighted by Crippen LogP contribution is -2.22. The summed E-state index contributed by atoms with van der Waals surface area (Å²) < 4.78 is 15.9. The Balaban J connectivity index is 2.63. The summed E-state index contributed by atoms with van der Waals surface area (Å²) in [5.74, 6) is 0.722. The monoisotopic (exact) mass is 215 g/mol. The van der Waals surface area contributed by atoms with Gasteiger partial charge in [-0.25, -0.2) is 4.21 Å². The molecule has 14 heavy (non-hydrogen) atoms. The summed E-state index contributed by atoms with van der Waals surface area (Å²) in [6.45, 7) is 8.16. The van der Waals surface area contributed by atoms with E-state index in [-0.39, 0.29) is 4.75 Å². The highest BCUT2D eigenvalue weighted by molar-refractivity contribution is 7.85. The molecule has 82 valence electrons. The molecule has 2 atom stereocenters. The second kappa shape index (κ2) is 4.56. The van der Waals surface area contributed by atoms with Crippen molar-refractivity contribution in [3.8, 4) is 0 Å². The summed E-state index contributed by atoms with van der Waals surface area (Å²) in [5.41, 5.74) is 1.16. The zero-order valence-corrected chi connectivity index (χ0v) is 10.5. The Morgan fingerprint density at radius 1 is 1.43 bits per heavy atom. The van der Waals surface area contributed by atoms with Gasteiger partial charge in [-0.3, -0.25) is 0 Å². The third kappa shape index (κ3) is 3.52. The normalized spacial score (nSPS) is 29.1. The van der Waals surface area contributed by atoms with Crippen LogP contribution in [-0.2, 0) is 11.0 Å². The van der Waals surface area contributed by atoms with Crippen molar-refractivity contribution in [3.05, 3.63) is 0 Å². The lowest BCUT2D eigenvalue weighted by atomic mass is 9.89. The molecule has 1 rings (SSSR count). The molecular weight excluding hydrogens is 194 g/mol. The van der Waals surface area contributed by atoms with E-state index in [9.17, 15) is 4.21 Å². The summed E-state index contributed by atoms with van der Waals surface area (Å²) in [7, 11) is -1.06. The van der Waals surface area contributed by atoms with Crippen molar-refractivity contribution >= 4 is 16.7 Å². The molecule has 2 nitrogen and oxygen atoms in total. The molecule has 0 heterocycles. The molecule has 0 aromatic rings. The summed E-state index contributed by atoms with van der Waals surface area (Å²) in [4.78, 5) is 0. The Morgan fingerprint density at radius 2 is 2.07 bits per heavy atom. The van der Waals surface area contributed by atoms with E-state index < -0.39 is 11.0 Å². The van der Waals surface area contributed by atoms with Crippen molar-refractivity contribution in [2.24, 2.45) is 10.3 Å². The zero-order valence-electron chi connectivity index (χ0n) is 9.67. The van der Waals surface area contributed by atoms with E-state index in [2.05, 4.69) is 11.3 Å². The van der Waals surface area contributed by atoms with Gasteiger partial charge in [-0.2, -0.15) is 4.40 Å². The second-order valence-electron chi connectivity index (χ2n) is 5.22. The molecule has 0 aromatic heterocycles. The van der Waals surface area contributed by atoms with Crippen LogP contribution < -0.4 is 0 Å². The number of nitrogens with zero attached hydrogens (tertiary/aromatic N) is 1. The highest BCUT2D eigenvalue weighted by atomic mass is 32.2. The molecule has 0 aromatic carbocycles. The average Bonchev–Trinajstić information content (AvgIpc) is 2.02. The van der Waals surface area contributed by atoms with Crippen LogP contribution in [0.3, 0.4) is 0 Å². The van der Waals surface area contributed by atoms with E-state index in [1.807, 2.05) is 20.8 Å². The van der Waals surface area contributed by atoms with Crippen LogP contribution in [0.25, 0.3) is 0 Å². The number of hydrogen-bond donors (Lipinski definition) is 0. The SMILES string of the molecule is C[C@@H]1CCC/C(=N/[S@](=O)C(C)(C)C)C1. The Bertz CT molecular complexity index is 253. The molecule has 3 heteroatoms. The van der Waals surface area contributed by atoms with Gasteiger partial charge in [0, 0.05) is 5.71 Å². The minimum Gasteiger partial charge on any atom is -0.234 e. The van der Waals surface area contributed by atoms with Gasteiger partial charge in [-0.05, 0) is 52.4 Å². The molecule has 0 bridgehead atoms. The van der Waals surface area contributed by atoms with Gasteiger partial charge in [-0.1, -0.05) is 6.92 Å². The van der Waals surface area contributed by atoms with Crippen molar-refractivity contribution in [3.63, 3.8) is 0 Å². The largest absolute Gasteiger partial charge is 0.234 e. The van der Waals surface area contributed by atoms with Gasteiger partial charge >= 0.3 is 0 Å². The highest BCUT2D eigenvalue weighted by Gasteiger charge is 2.21. The smallest absolute Gasteiger partial charge is 0.144 e. The molecule has 1 aliphatic rings. The van der Waals surface area contributed by atoms with Gasteiger partial charge in [0.15, 0.2) is 0 Å². The fourth-order valence-electron chi connectivity index (χ4n) is 1.60. The molecule has 1 saturated carbocycles. The minimum atomic E-state index is -1.06. The molecule has 0 saturated heterocycles. The molecule has 0 radical (unpaired) electrons. The highest BCUT2D eigenvalue weighted by Crippen LogP contribution is 2.23. The Hall–Kier alpha value is -0.180. The Morgan fingerprint density at radius 3 is 2.57 bits per heavy atom. The number of hydrogen-bond acceptors (Lipinski definition) is 1. The summed E-state index contributed by atoms with van der Waals surface area (Å²) >= 11 is 0. The van der Waals surface area contributed by atoms with Crippen molar-refractivity contribution in [2.45, 2.75) is 58.1 Å². The maximum atomic E-state index is 11.8. The third-order valence-corrected chi connectivity index (χ3v) is 3.95. The molecule has 1 fully saturated rings. The first-order valence-corrected chi connectivity index (χ1v) is 6.48. The van der Waals surface area contributed by atoms with Gasteiger partial charge in [-0.15, -0.1) is 0 Å². The predicted octanol–water partition coefficient (Wildman–Crippen LogP) is 3.10. The first-order chi connectivity index (χ1) is 6.39. The molecule has 0 aliphatic heterocycles. The molecule has 0 unspecified atom stereocenters. The second-order valence-corrected chi connectivity index (χ2v) is 7.13. The maximum Gasteiger partial charge on any atom is 0.144 e. The van der Waals surface area contributed by atoms with Crippen LogP contribution in [0.2, 0.25) is 0 Å². The van der Waals surface area contributed by atoms with Crippen LogP contribution in [0.1, 0.15) is 53.4 Å². The lowest BCUT2D eigenvalue weighted by molar-refractivity contribution is 0.501. The zero-order chi connectivity index (χ0) is 10.8. The Labute approximate surface area is 89.8 Å². The van der Waals surface area contributed by atoms with Gasteiger partial charge in [0.05, 0.1) is 4.75 Å². The van der Waals surface area contributed by atoms with E-state index in [1.165, 1.54) is 12.8 Å². The summed E-state index contributed by atoms with van der Waals surface area (Å²) in [6, 6.07) is 0. The first-order valence-electron chi connectivity index (χ1n) is 5.38. The van der Waals surface area contributed by atoms with Crippen molar-refractivity contribution < 1.29 is 4.21 Å². The summed E-state index contributed by atoms with van der Waals surface area (Å²) in [5, 5.41) is 0. The summed E-state index contributed by atoms with van der Waals surface area (Å²) in [6.07, 6.45) is 4.59. The van der Waals surface area contributed by atoms with Crippen LogP contribution in [0.15, 0.2) is 4.40 Å². The van der Waals surface area contributed by atoms with Crippen LogP contribution in [0, 0.1) is 5.92 Å². The van der Waals surface area contributed by atoms with Gasteiger partial charge in [0.1, 0.15) is 11.0 Å². The van der Waals surface area contributed by atoms with Crippen molar-refractivity contribution in [2.75, 3.05) is 0 Å². The third-order valence-electron chi connectivity index (χ3n) is 2.48. The molecule has 0 amide bonds. The quantitative estimate of drug-likeness (QED) is 0.661. The van der Waals surface area contributed by atoms with Gasteiger partial charge in [0.25, 0.3) is 0 Å². The van der Waals surface area contributed by atoms with Gasteiger partial charge < -0.3 is 0 Å². The standard InChI is InChI=1S/C11H21NOS/c1-9-6-5-7-10(8-9)12-14(13)11(2,3)4/h9H,5-8H2,1-4H3/b12-10-/t9-,14-/m1/s1. The van der Waals surface area contributed by atoms with E-state index >= 15 is 0 Å².